The van der Waals surface area contributed by atoms with Gasteiger partial charge in [-0.25, -0.2) is 4.79 Å². The van der Waals surface area contributed by atoms with Gasteiger partial charge in [0.15, 0.2) is 5.69 Å². The summed E-state index contributed by atoms with van der Waals surface area (Å²) in [7, 11) is 3.14. The lowest BCUT2D eigenvalue weighted by Gasteiger charge is -2.42. The number of thiophene rings is 1. The van der Waals surface area contributed by atoms with Crippen molar-refractivity contribution in [1.82, 2.24) is 15.1 Å². The van der Waals surface area contributed by atoms with E-state index in [-0.39, 0.29) is 29.4 Å². The third kappa shape index (κ3) is 3.94. The highest BCUT2D eigenvalue weighted by atomic mass is 35.5. The number of fused-ring (bicyclic) bond motifs is 1. The Morgan fingerprint density at radius 2 is 1.96 bits per heavy atom. The minimum absolute atomic E-state index is 0. The van der Waals surface area contributed by atoms with Crippen molar-refractivity contribution in [2.75, 3.05) is 12.4 Å². The van der Waals surface area contributed by atoms with Gasteiger partial charge in [-0.1, -0.05) is 0 Å². The number of methoxy groups -OCH3 is 1. The van der Waals surface area contributed by atoms with Crippen LogP contribution in [0.1, 0.15) is 64.7 Å². The molecule has 1 aliphatic heterocycles. The molecule has 1 amide bonds. The third-order valence-corrected chi connectivity index (χ3v) is 6.28. The molecule has 2 aromatic rings. The second-order valence-corrected chi connectivity index (χ2v) is 9.19. The van der Waals surface area contributed by atoms with E-state index in [2.05, 4.69) is 43.4 Å². The van der Waals surface area contributed by atoms with Crippen molar-refractivity contribution < 1.29 is 14.3 Å². The van der Waals surface area contributed by atoms with Crippen LogP contribution in [0.4, 0.5) is 5.00 Å². The SMILES string of the molecule is COC(=O)c1c(NC(=O)c2cc(C)n(C)n2)sc2c1CC(C)(C)NC2(C)C.Cl. The summed E-state index contributed by atoms with van der Waals surface area (Å²) in [6, 6.07) is 1.72. The smallest absolute Gasteiger partial charge is 0.341 e. The molecule has 0 bridgehead atoms. The number of aryl methyl sites for hydroxylation is 2. The maximum absolute atomic E-state index is 12.7. The van der Waals surface area contributed by atoms with Gasteiger partial charge in [0.05, 0.1) is 12.7 Å². The van der Waals surface area contributed by atoms with E-state index in [0.29, 0.717) is 22.7 Å². The number of ether oxygens (including phenoxy) is 1. The van der Waals surface area contributed by atoms with Crippen molar-refractivity contribution >= 4 is 40.6 Å². The molecule has 0 unspecified atom stereocenters. The van der Waals surface area contributed by atoms with Crippen LogP contribution in [-0.2, 0) is 23.7 Å². The highest BCUT2D eigenvalue weighted by molar-refractivity contribution is 7.17. The van der Waals surface area contributed by atoms with E-state index in [1.807, 2.05) is 6.92 Å². The highest BCUT2D eigenvalue weighted by Crippen LogP contribution is 2.45. The fourth-order valence-corrected chi connectivity index (χ4v) is 5.03. The molecule has 0 aliphatic carbocycles. The number of rotatable bonds is 3. The molecule has 0 spiro atoms. The van der Waals surface area contributed by atoms with Crippen LogP contribution in [0, 0.1) is 6.92 Å². The van der Waals surface area contributed by atoms with Gasteiger partial charge in [0.1, 0.15) is 5.00 Å². The number of amides is 1. The zero-order valence-electron chi connectivity index (χ0n) is 17.2. The van der Waals surface area contributed by atoms with E-state index in [4.69, 9.17) is 4.74 Å². The number of halogens is 1. The second kappa shape index (κ2) is 7.50. The number of hydrogen-bond acceptors (Lipinski definition) is 6. The van der Waals surface area contributed by atoms with Crippen LogP contribution in [0.2, 0.25) is 0 Å². The summed E-state index contributed by atoms with van der Waals surface area (Å²) in [5.41, 5.74) is 2.07. The van der Waals surface area contributed by atoms with Gasteiger partial charge in [0.2, 0.25) is 0 Å². The number of anilines is 1. The summed E-state index contributed by atoms with van der Waals surface area (Å²) in [6.07, 6.45) is 0.672. The molecule has 9 heteroatoms. The van der Waals surface area contributed by atoms with E-state index in [1.54, 1.807) is 17.8 Å². The summed E-state index contributed by atoms with van der Waals surface area (Å²) in [5.74, 6) is -0.777. The van der Waals surface area contributed by atoms with Gasteiger partial charge in [0, 0.05) is 28.7 Å². The number of carbonyl (C=O) groups excluding carboxylic acids is 2. The fraction of sp³-hybridized carbons (Fsp3) is 0.526. The Hall–Kier alpha value is -1.90. The average molecular weight is 427 g/mol. The van der Waals surface area contributed by atoms with E-state index >= 15 is 0 Å². The maximum Gasteiger partial charge on any atom is 0.341 e. The van der Waals surface area contributed by atoms with Gasteiger partial charge in [-0.2, -0.15) is 5.10 Å². The van der Waals surface area contributed by atoms with Gasteiger partial charge in [-0.15, -0.1) is 23.7 Å². The van der Waals surface area contributed by atoms with Crippen molar-refractivity contribution in [3.8, 4) is 0 Å². The number of hydrogen-bond donors (Lipinski definition) is 2. The molecule has 154 valence electrons. The van der Waals surface area contributed by atoms with Crippen LogP contribution < -0.4 is 10.6 Å². The topological polar surface area (TPSA) is 85.2 Å². The lowest BCUT2D eigenvalue weighted by atomic mass is 9.81. The molecule has 0 saturated heterocycles. The fourth-order valence-electron chi connectivity index (χ4n) is 3.77. The normalized spacial score (nSPS) is 16.7. The van der Waals surface area contributed by atoms with Gasteiger partial charge in [0.25, 0.3) is 5.91 Å². The summed E-state index contributed by atoms with van der Waals surface area (Å²) < 4.78 is 6.67. The minimum atomic E-state index is -0.437. The van der Waals surface area contributed by atoms with Crippen molar-refractivity contribution in [3.63, 3.8) is 0 Å². The Morgan fingerprint density at radius 1 is 1.32 bits per heavy atom. The van der Waals surface area contributed by atoms with Crippen molar-refractivity contribution in [1.29, 1.82) is 0 Å². The van der Waals surface area contributed by atoms with E-state index in [9.17, 15) is 9.59 Å². The van der Waals surface area contributed by atoms with Crippen molar-refractivity contribution in [2.24, 2.45) is 7.05 Å². The molecule has 0 fully saturated rings. The standard InChI is InChI=1S/C19H26N4O3S.ClH/c1-10-8-12(21-23(10)6)15(24)20-16-13(17(25)26-7)11-9-18(2,3)22-19(4,5)14(11)27-16;/h8,22H,9H2,1-7H3,(H,20,24);1H. The van der Waals surface area contributed by atoms with Crippen LogP contribution in [0.5, 0.6) is 0 Å². The molecule has 3 rings (SSSR count). The summed E-state index contributed by atoms with van der Waals surface area (Å²) in [4.78, 5) is 26.3. The molecule has 28 heavy (non-hydrogen) atoms. The van der Waals surface area contributed by atoms with Gasteiger partial charge in [-0.3, -0.25) is 9.48 Å². The molecule has 3 heterocycles. The Balaban J connectivity index is 0.00000280. The lowest BCUT2D eigenvalue weighted by Crippen LogP contribution is -2.55. The maximum atomic E-state index is 12.7. The predicted octanol–water partition coefficient (Wildman–Crippen LogP) is 3.41. The van der Waals surface area contributed by atoms with Crippen molar-refractivity contribution in [3.05, 3.63) is 33.5 Å². The Labute approximate surface area is 175 Å². The molecule has 0 saturated carbocycles. The van der Waals surface area contributed by atoms with Crippen LogP contribution in [0.3, 0.4) is 0 Å². The van der Waals surface area contributed by atoms with E-state index in [1.165, 1.54) is 18.4 Å². The number of aromatic nitrogens is 2. The third-order valence-electron chi connectivity index (χ3n) is 4.81. The second-order valence-electron chi connectivity index (χ2n) is 8.16. The average Bonchev–Trinajstić information content (AvgIpc) is 3.06. The zero-order chi connectivity index (χ0) is 20.1. The highest BCUT2D eigenvalue weighted by Gasteiger charge is 2.42. The van der Waals surface area contributed by atoms with Gasteiger partial charge < -0.3 is 15.4 Å². The zero-order valence-corrected chi connectivity index (χ0v) is 18.9. The van der Waals surface area contributed by atoms with Crippen molar-refractivity contribution in [2.45, 2.75) is 52.1 Å². The van der Waals surface area contributed by atoms with E-state index < -0.39 is 5.97 Å². The molecule has 0 aromatic carbocycles. The van der Waals surface area contributed by atoms with Gasteiger partial charge >= 0.3 is 5.97 Å². The van der Waals surface area contributed by atoms with Gasteiger partial charge in [-0.05, 0) is 52.7 Å². The van der Waals surface area contributed by atoms with Crippen LogP contribution in [-0.4, -0.2) is 34.3 Å². The van der Waals surface area contributed by atoms with Crippen LogP contribution in [0.15, 0.2) is 6.07 Å². The molecule has 2 aromatic heterocycles. The molecular weight excluding hydrogens is 400 g/mol. The molecule has 7 nitrogen and oxygen atoms in total. The number of nitrogens with one attached hydrogen (secondary N) is 2. The molecule has 0 radical (unpaired) electrons. The number of nitrogens with zero attached hydrogens (tertiary/aromatic N) is 2. The van der Waals surface area contributed by atoms with Crippen LogP contribution >= 0.6 is 23.7 Å². The monoisotopic (exact) mass is 426 g/mol. The predicted molar refractivity (Wildman–Crippen MR) is 113 cm³/mol. The summed E-state index contributed by atoms with van der Waals surface area (Å²) >= 11 is 1.42. The summed E-state index contributed by atoms with van der Waals surface area (Å²) in [6.45, 7) is 10.2. The largest absolute Gasteiger partial charge is 0.465 e. The number of esters is 1. The minimum Gasteiger partial charge on any atom is -0.465 e. The van der Waals surface area contributed by atoms with E-state index in [0.717, 1.165) is 16.1 Å². The quantitative estimate of drug-likeness (QED) is 0.734. The van der Waals surface area contributed by atoms with Crippen LogP contribution in [0.25, 0.3) is 0 Å². The first-order valence-electron chi connectivity index (χ1n) is 8.81. The summed E-state index contributed by atoms with van der Waals surface area (Å²) in [5, 5.41) is 11.2. The number of carbonyl (C=O) groups is 2. The Morgan fingerprint density at radius 3 is 2.50 bits per heavy atom. The first-order valence-corrected chi connectivity index (χ1v) is 9.62. The Bertz CT molecular complexity index is 910. The molecule has 1 aliphatic rings. The first kappa shape index (κ1) is 22.4. The Kier molecular flexibility index (Phi) is 5.99. The lowest BCUT2D eigenvalue weighted by molar-refractivity contribution is 0.0600. The molecule has 0 atom stereocenters. The molecular formula is C19H27ClN4O3S. The molecule has 2 N–H and O–H groups in total. The first-order chi connectivity index (χ1) is 12.4.